The Labute approximate surface area is 133 Å². The molecule has 0 radical (unpaired) electrons. The predicted molar refractivity (Wildman–Crippen MR) is 82.5 cm³/mol. The fraction of sp³-hybridized carbons (Fsp3) is 0.400. The first-order valence-electron chi connectivity index (χ1n) is 6.95. The summed E-state index contributed by atoms with van der Waals surface area (Å²) in [5.74, 6) is 0.843. The van der Waals surface area contributed by atoms with Crippen LogP contribution in [0.15, 0.2) is 28.8 Å². The molecular formula is C15H18ClN3O3. The van der Waals surface area contributed by atoms with Crippen LogP contribution in [0.2, 0.25) is 5.02 Å². The van der Waals surface area contributed by atoms with Crippen molar-refractivity contribution in [2.45, 2.75) is 25.8 Å². The molecule has 0 fully saturated rings. The van der Waals surface area contributed by atoms with E-state index < -0.39 is 0 Å². The number of amides is 1. The molecule has 118 valence electrons. The largest absolute Gasteiger partial charge is 0.383 e. The molecule has 0 aliphatic heterocycles. The van der Waals surface area contributed by atoms with Gasteiger partial charge in [0, 0.05) is 36.6 Å². The number of carbonyl (C=O) groups excluding carboxylic acids is 1. The minimum Gasteiger partial charge on any atom is -0.383 e. The second-order valence-electron chi connectivity index (χ2n) is 4.94. The fourth-order valence-electron chi connectivity index (χ4n) is 1.93. The zero-order chi connectivity index (χ0) is 15.9. The lowest BCUT2D eigenvalue weighted by molar-refractivity contribution is -0.122. The van der Waals surface area contributed by atoms with Crippen LogP contribution in [0.5, 0.6) is 0 Å². The summed E-state index contributed by atoms with van der Waals surface area (Å²) in [7, 11) is 1.60. The summed E-state index contributed by atoms with van der Waals surface area (Å²) in [6, 6.07) is 7.13. The maximum atomic E-state index is 11.7. The van der Waals surface area contributed by atoms with E-state index in [-0.39, 0.29) is 18.4 Å². The van der Waals surface area contributed by atoms with Crippen LogP contribution in [0.1, 0.15) is 19.2 Å². The van der Waals surface area contributed by atoms with Gasteiger partial charge in [-0.2, -0.15) is 4.98 Å². The van der Waals surface area contributed by atoms with Crippen LogP contribution in [0, 0.1) is 0 Å². The van der Waals surface area contributed by atoms with Gasteiger partial charge in [-0.1, -0.05) is 16.8 Å². The molecule has 22 heavy (non-hydrogen) atoms. The number of nitrogens with one attached hydrogen (secondary N) is 1. The molecule has 2 rings (SSSR count). The van der Waals surface area contributed by atoms with Crippen molar-refractivity contribution in [2.75, 3.05) is 13.7 Å². The van der Waals surface area contributed by atoms with Crippen LogP contribution in [0.25, 0.3) is 11.4 Å². The van der Waals surface area contributed by atoms with E-state index in [2.05, 4.69) is 15.5 Å². The number of carbonyl (C=O) groups is 1. The molecule has 1 unspecified atom stereocenters. The molecule has 7 heteroatoms. The first-order valence-corrected chi connectivity index (χ1v) is 7.33. The van der Waals surface area contributed by atoms with Crippen LogP contribution in [0.3, 0.4) is 0 Å². The minimum absolute atomic E-state index is 0.0233. The Morgan fingerprint density at radius 3 is 2.82 bits per heavy atom. The molecule has 6 nitrogen and oxygen atoms in total. The number of ether oxygens (including phenoxy) is 1. The highest BCUT2D eigenvalue weighted by molar-refractivity contribution is 6.30. The van der Waals surface area contributed by atoms with Crippen LogP contribution in [-0.2, 0) is 16.0 Å². The molecule has 0 saturated heterocycles. The van der Waals surface area contributed by atoms with E-state index in [0.717, 1.165) is 5.56 Å². The second-order valence-corrected chi connectivity index (χ2v) is 5.38. The lowest BCUT2D eigenvalue weighted by Crippen LogP contribution is -2.35. The lowest BCUT2D eigenvalue weighted by atomic mass is 10.2. The number of hydrogen-bond donors (Lipinski definition) is 1. The molecule has 0 bridgehead atoms. The van der Waals surface area contributed by atoms with Gasteiger partial charge in [-0.05, 0) is 31.2 Å². The molecule has 0 spiro atoms. The number of methoxy groups -OCH3 is 1. The third kappa shape index (κ3) is 4.82. The Bertz CT molecular complexity index is 613. The van der Waals surface area contributed by atoms with Gasteiger partial charge in [0.05, 0.1) is 6.61 Å². The number of rotatable bonds is 7. The van der Waals surface area contributed by atoms with Gasteiger partial charge in [-0.15, -0.1) is 0 Å². The van der Waals surface area contributed by atoms with Crippen LogP contribution < -0.4 is 5.32 Å². The first-order chi connectivity index (χ1) is 10.6. The number of aryl methyl sites for hydroxylation is 1. The average Bonchev–Trinajstić information content (AvgIpc) is 2.95. The topological polar surface area (TPSA) is 77.2 Å². The Kier molecular flexibility index (Phi) is 5.91. The van der Waals surface area contributed by atoms with Crippen molar-refractivity contribution in [1.82, 2.24) is 15.5 Å². The number of aromatic nitrogens is 2. The predicted octanol–water partition coefficient (Wildman–Crippen LogP) is 2.47. The first kappa shape index (κ1) is 16.5. The summed E-state index contributed by atoms with van der Waals surface area (Å²) in [4.78, 5) is 16.0. The molecule has 1 aromatic carbocycles. The molecule has 1 aromatic heterocycles. The SMILES string of the molecule is COCC(C)NC(=O)CCc1nc(-c2ccc(Cl)cc2)no1. The highest BCUT2D eigenvalue weighted by Gasteiger charge is 2.12. The summed E-state index contributed by atoms with van der Waals surface area (Å²) in [5.41, 5.74) is 0.817. The van der Waals surface area contributed by atoms with Crippen molar-refractivity contribution in [3.8, 4) is 11.4 Å². The van der Waals surface area contributed by atoms with Crippen molar-refractivity contribution in [1.29, 1.82) is 0 Å². The fourth-order valence-corrected chi connectivity index (χ4v) is 2.06. The molecule has 1 amide bonds. The van der Waals surface area contributed by atoms with Crippen molar-refractivity contribution >= 4 is 17.5 Å². The van der Waals surface area contributed by atoms with E-state index in [0.29, 0.717) is 29.8 Å². The van der Waals surface area contributed by atoms with E-state index in [9.17, 15) is 4.79 Å². The van der Waals surface area contributed by atoms with Crippen LogP contribution in [0.4, 0.5) is 0 Å². The van der Waals surface area contributed by atoms with Crippen molar-refractivity contribution < 1.29 is 14.1 Å². The highest BCUT2D eigenvalue weighted by atomic mass is 35.5. The van der Waals surface area contributed by atoms with Crippen LogP contribution >= 0.6 is 11.6 Å². The summed E-state index contributed by atoms with van der Waals surface area (Å²) >= 11 is 5.84. The van der Waals surface area contributed by atoms with E-state index in [1.807, 2.05) is 19.1 Å². The zero-order valence-electron chi connectivity index (χ0n) is 12.5. The molecule has 1 heterocycles. The molecule has 0 aliphatic carbocycles. The molecular weight excluding hydrogens is 306 g/mol. The molecule has 0 aliphatic rings. The monoisotopic (exact) mass is 323 g/mol. The smallest absolute Gasteiger partial charge is 0.227 e. The lowest BCUT2D eigenvalue weighted by Gasteiger charge is -2.11. The Balaban J connectivity index is 1.87. The summed E-state index contributed by atoms with van der Waals surface area (Å²) in [5, 5.41) is 7.38. The normalized spacial score (nSPS) is 12.1. The van der Waals surface area contributed by atoms with Crippen molar-refractivity contribution in [3.63, 3.8) is 0 Å². The number of benzene rings is 1. The summed E-state index contributed by atoms with van der Waals surface area (Å²) in [6.45, 7) is 2.36. The van der Waals surface area contributed by atoms with E-state index >= 15 is 0 Å². The Morgan fingerprint density at radius 2 is 2.14 bits per heavy atom. The zero-order valence-corrected chi connectivity index (χ0v) is 13.3. The molecule has 2 aromatic rings. The Morgan fingerprint density at radius 1 is 1.41 bits per heavy atom. The van der Waals surface area contributed by atoms with Gasteiger partial charge < -0.3 is 14.6 Å². The van der Waals surface area contributed by atoms with E-state index in [4.69, 9.17) is 20.9 Å². The number of halogens is 1. The maximum absolute atomic E-state index is 11.7. The minimum atomic E-state index is -0.0733. The van der Waals surface area contributed by atoms with Gasteiger partial charge in [0.2, 0.25) is 17.6 Å². The van der Waals surface area contributed by atoms with E-state index in [1.165, 1.54) is 0 Å². The molecule has 1 N–H and O–H groups in total. The van der Waals surface area contributed by atoms with Crippen molar-refractivity contribution in [2.24, 2.45) is 0 Å². The van der Waals surface area contributed by atoms with Gasteiger partial charge in [-0.25, -0.2) is 0 Å². The van der Waals surface area contributed by atoms with E-state index in [1.54, 1.807) is 19.2 Å². The molecule has 0 saturated carbocycles. The second kappa shape index (κ2) is 7.91. The van der Waals surface area contributed by atoms with Gasteiger partial charge in [0.1, 0.15) is 0 Å². The highest BCUT2D eigenvalue weighted by Crippen LogP contribution is 2.18. The number of hydrogen-bond acceptors (Lipinski definition) is 5. The maximum Gasteiger partial charge on any atom is 0.227 e. The van der Waals surface area contributed by atoms with Gasteiger partial charge in [0.25, 0.3) is 0 Å². The third-order valence-electron chi connectivity index (χ3n) is 2.96. The Hall–Kier alpha value is -1.92. The van der Waals surface area contributed by atoms with Crippen molar-refractivity contribution in [3.05, 3.63) is 35.2 Å². The quantitative estimate of drug-likeness (QED) is 0.847. The summed E-state index contributed by atoms with van der Waals surface area (Å²) in [6.07, 6.45) is 0.683. The summed E-state index contributed by atoms with van der Waals surface area (Å²) < 4.78 is 10.1. The van der Waals surface area contributed by atoms with Gasteiger partial charge in [0.15, 0.2) is 0 Å². The van der Waals surface area contributed by atoms with Crippen LogP contribution in [-0.4, -0.2) is 35.8 Å². The standard InChI is InChI=1S/C15H18ClN3O3/c1-10(9-21-2)17-13(20)7-8-14-18-15(19-22-14)11-3-5-12(16)6-4-11/h3-6,10H,7-9H2,1-2H3,(H,17,20). The molecule has 1 atom stereocenters. The van der Waals surface area contributed by atoms with Gasteiger partial charge in [-0.3, -0.25) is 4.79 Å². The number of nitrogens with zero attached hydrogens (tertiary/aromatic N) is 2. The average molecular weight is 324 g/mol. The third-order valence-corrected chi connectivity index (χ3v) is 3.21. The van der Waals surface area contributed by atoms with Gasteiger partial charge >= 0.3 is 0 Å².